The van der Waals surface area contributed by atoms with Gasteiger partial charge in [-0.2, -0.15) is 0 Å². The van der Waals surface area contributed by atoms with Crippen molar-refractivity contribution in [2.75, 3.05) is 13.2 Å². The van der Waals surface area contributed by atoms with Gasteiger partial charge in [0.1, 0.15) is 18.4 Å². The summed E-state index contributed by atoms with van der Waals surface area (Å²) in [6, 6.07) is 13.5. The lowest BCUT2D eigenvalue weighted by Crippen LogP contribution is -2.45. The molecule has 0 saturated carbocycles. The third kappa shape index (κ3) is 4.68. The summed E-state index contributed by atoms with van der Waals surface area (Å²) >= 11 is 0. The molecule has 2 aromatic rings. The highest BCUT2D eigenvalue weighted by Crippen LogP contribution is 2.36. The number of hydrogen-bond donors (Lipinski definition) is 2. The van der Waals surface area contributed by atoms with E-state index in [4.69, 9.17) is 20.3 Å². The van der Waals surface area contributed by atoms with Crippen LogP contribution in [0.2, 0.25) is 0 Å². The molecule has 2 amide bonds. The molecule has 2 bridgehead atoms. The molecule has 0 radical (unpaired) electrons. The van der Waals surface area contributed by atoms with Gasteiger partial charge in [-0.3, -0.25) is 19.3 Å². The van der Waals surface area contributed by atoms with Gasteiger partial charge in [-0.1, -0.05) is 30.3 Å². The SMILES string of the molecule is CC(c1ccc(COc2cccc3c2CN(C(CCC(=O)O)C(N)=O)C3=O)cc1)N1CC2CC1CO2. The molecule has 9 heteroatoms. The predicted molar refractivity (Wildman–Crippen MR) is 130 cm³/mol. The smallest absolute Gasteiger partial charge is 0.303 e. The van der Waals surface area contributed by atoms with Gasteiger partial charge in [-0.05, 0) is 43.0 Å². The minimum absolute atomic E-state index is 0.0305. The normalized spacial score (nSPS) is 22.5. The van der Waals surface area contributed by atoms with Gasteiger partial charge in [0.05, 0.1) is 19.3 Å². The number of ether oxygens (including phenoxy) is 2. The maximum Gasteiger partial charge on any atom is 0.303 e. The number of rotatable bonds is 10. The highest BCUT2D eigenvalue weighted by atomic mass is 16.5. The Bertz CT molecular complexity index is 1170. The molecule has 5 rings (SSSR count). The van der Waals surface area contributed by atoms with Crippen molar-refractivity contribution in [2.45, 2.75) is 63.6 Å². The van der Waals surface area contributed by atoms with Crippen LogP contribution < -0.4 is 10.5 Å². The first-order chi connectivity index (χ1) is 17.3. The molecular weight excluding hydrogens is 462 g/mol. The summed E-state index contributed by atoms with van der Waals surface area (Å²) in [4.78, 5) is 39.8. The molecule has 3 aliphatic rings. The van der Waals surface area contributed by atoms with E-state index in [2.05, 4.69) is 36.1 Å². The van der Waals surface area contributed by atoms with Crippen LogP contribution in [0.25, 0.3) is 0 Å². The van der Waals surface area contributed by atoms with E-state index in [1.807, 2.05) is 0 Å². The molecule has 4 atom stereocenters. The molecule has 36 heavy (non-hydrogen) atoms. The number of carboxylic acid groups (broad SMARTS) is 1. The second kappa shape index (κ2) is 9.91. The number of carboxylic acids is 1. The van der Waals surface area contributed by atoms with Gasteiger partial charge in [0.2, 0.25) is 5.91 Å². The van der Waals surface area contributed by atoms with Gasteiger partial charge in [0, 0.05) is 36.2 Å². The van der Waals surface area contributed by atoms with E-state index >= 15 is 0 Å². The van der Waals surface area contributed by atoms with Gasteiger partial charge in [0.25, 0.3) is 5.91 Å². The van der Waals surface area contributed by atoms with Crippen molar-refractivity contribution in [1.29, 1.82) is 0 Å². The van der Waals surface area contributed by atoms with Crippen LogP contribution in [0.3, 0.4) is 0 Å². The Balaban J connectivity index is 1.24. The Labute approximate surface area is 209 Å². The summed E-state index contributed by atoms with van der Waals surface area (Å²) in [6.45, 7) is 4.52. The average Bonchev–Trinajstić information content (AvgIpc) is 3.58. The Hall–Kier alpha value is -3.43. The van der Waals surface area contributed by atoms with Gasteiger partial charge < -0.3 is 25.2 Å². The topological polar surface area (TPSA) is 122 Å². The summed E-state index contributed by atoms with van der Waals surface area (Å²) in [5, 5.41) is 8.99. The Morgan fingerprint density at radius 3 is 2.64 bits per heavy atom. The molecule has 2 aromatic carbocycles. The first-order valence-electron chi connectivity index (χ1n) is 12.3. The Morgan fingerprint density at radius 2 is 2.00 bits per heavy atom. The summed E-state index contributed by atoms with van der Waals surface area (Å²) < 4.78 is 11.8. The highest BCUT2D eigenvalue weighted by Gasteiger charge is 2.41. The molecule has 3 aliphatic heterocycles. The lowest BCUT2D eigenvalue weighted by Gasteiger charge is -2.32. The first-order valence-corrected chi connectivity index (χ1v) is 12.3. The number of carbonyl (C=O) groups excluding carboxylic acids is 2. The third-order valence-corrected chi connectivity index (χ3v) is 7.59. The van der Waals surface area contributed by atoms with Gasteiger partial charge in [-0.15, -0.1) is 0 Å². The van der Waals surface area contributed by atoms with Gasteiger partial charge in [-0.25, -0.2) is 0 Å². The van der Waals surface area contributed by atoms with Gasteiger partial charge in [0.15, 0.2) is 0 Å². The first kappa shape index (κ1) is 24.3. The molecule has 0 aromatic heterocycles. The largest absolute Gasteiger partial charge is 0.489 e. The number of aliphatic carboxylic acids is 1. The molecule has 3 heterocycles. The van der Waals surface area contributed by atoms with Crippen molar-refractivity contribution >= 4 is 17.8 Å². The quantitative estimate of drug-likeness (QED) is 0.521. The number of hydrogen-bond acceptors (Lipinski definition) is 6. The van der Waals surface area contributed by atoms with Crippen molar-refractivity contribution in [3.05, 3.63) is 64.7 Å². The fourth-order valence-corrected chi connectivity index (χ4v) is 5.57. The van der Waals surface area contributed by atoms with Crippen molar-refractivity contribution in [3.63, 3.8) is 0 Å². The molecule has 3 N–H and O–H groups in total. The van der Waals surface area contributed by atoms with Crippen LogP contribution in [-0.4, -0.2) is 64.0 Å². The number of primary amides is 1. The number of nitrogens with zero attached hydrogens (tertiary/aromatic N) is 2. The number of benzene rings is 2. The summed E-state index contributed by atoms with van der Waals surface area (Å²) in [5.41, 5.74) is 8.89. The third-order valence-electron chi connectivity index (χ3n) is 7.59. The molecule has 2 fully saturated rings. The second-order valence-electron chi connectivity index (χ2n) is 9.81. The standard InChI is InChI=1S/C27H31N3O6/c1-16(29-12-20-11-19(29)15-35-20)18-7-5-17(6-8-18)14-36-24-4-2-3-21-22(24)13-30(27(21)34)23(26(28)33)9-10-25(31)32/h2-8,16,19-20,23H,9-15H2,1H3,(H2,28,33)(H,31,32). The van der Waals surface area contributed by atoms with E-state index in [9.17, 15) is 14.4 Å². The summed E-state index contributed by atoms with van der Waals surface area (Å²) in [6.07, 6.45) is 1.21. The molecule has 4 unspecified atom stereocenters. The van der Waals surface area contributed by atoms with Crippen LogP contribution >= 0.6 is 0 Å². The number of amides is 2. The van der Waals surface area contributed by atoms with Crippen molar-refractivity contribution in [2.24, 2.45) is 5.73 Å². The van der Waals surface area contributed by atoms with Crippen LogP contribution in [0.4, 0.5) is 0 Å². The molecule has 9 nitrogen and oxygen atoms in total. The molecule has 0 aliphatic carbocycles. The number of carbonyl (C=O) groups is 3. The fourth-order valence-electron chi connectivity index (χ4n) is 5.57. The molecule has 190 valence electrons. The zero-order chi connectivity index (χ0) is 25.4. The van der Waals surface area contributed by atoms with Crippen LogP contribution in [0, 0.1) is 0 Å². The molecule has 0 spiro atoms. The average molecular weight is 494 g/mol. The fraction of sp³-hybridized carbons (Fsp3) is 0.444. The monoisotopic (exact) mass is 493 g/mol. The van der Waals surface area contributed by atoms with E-state index in [-0.39, 0.29) is 25.3 Å². The number of fused-ring (bicyclic) bond motifs is 3. The number of likely N-dealkylation sites (tertiary alicyclic amines) is 1. The lowest BCUT2D eigenvalue weighted by atomic mass is 10.0. The highest BCUT2D eigenvalue weighted by molar-refractivity contribution is 6.01. The zero-order valence-electron chi connectivity index (χ0n) is 20.3. The Kier molecular flexibility index (Phi) is 6.68. The summed E-state index contributed by atoms with van der Waals surface area (Å²) in [7, 11) is 0. The van der Waals surface area contributed by atoms with Crippen molar-refractivity contribution < 1.29 is 29.0 Å². The van der Waals surface area contributed by atoms with Gasteiger partial charge >= 0.3 is 5.97 Å². The number of nitrogens with two attached hydrogens (primary N) is 1. The maximum absolute atomic E-state index is 13.0. The zero-order valence-corrected chi connectivity index (χ0v) is 20.3. The van der Waals surface area contributed by atoms with E-state index in [0.717, 1.165) is 25.1 Å². The van der Waals surface area contributed by atoms with E-state index in [1.54, 1.807) is 18.2 Å². The van der Waals surface area contributed by atoms with Crippen LogP contribution in [-0.2, 0) is 27.5 Å². The van der Waals surface area contributed by atoms with E-state index in [0.29, 0.717) is 41.7 Å². The van der Waals surface area contributed by atoms with Crippen molar-refractivity contribution in [3.8, 4) is 5.75 Å². The minimum atomic E-state index is -1.04. The lowest BCUT2D eigenvalue weighted by molar-refractivity contribution is -0.137. The van der Waals surface area contributed by atoms with Crippen LogP contribution in [0.1, 0.15) is 59.3 Å². The predicted octanol–water partition coefficient (Wildman–Crippen LogP) is 2.47. The molecule has 2 saturated heterocycles. The second-order valence-corrected chi connectivity index (χ2v) is 9.81. The molecular formula is C27H31N3O6. The Morgan fingerprint density at radius 1 is 1.22 bits per heavy atom. The van der Waals surface area contributed by atoms with Crippen LogP contribution in [0.5, 0.6) is 5.75 Å². The van der Waals surface area contributed by atoms with Crippen molar-refractivity contribution in [1.82, 2.24) is 9.80 Å². The van der Waals surface area contributed by atoms with Crippen LogP contribution in [0.15, 0.2) is 42.5 Å². The number of morpholine rings is 1. The maximum atomic E-state index is 13.0. The summed E-state index contributed by atoms with van der Waals surface area (Å²) in [5.74, 6) is -1.54. The van der Waals surface area contributed by atoms with E-state index < -0.39 is 17.9 Å². The minimum Gasteiger partial charge on any atom is -0.489 e. The van der Waals surface area contributed by atoms with E-state index in [1.165, 1.54) is 10.5 Å².